The molecule has 1 aromatic carbocycles. The predicted octanol–water partition coefficient (Wildman–Crippen LogP) is 3.98. The number of aromatic nitrogens is 2. The van der Waals surface area contributed by atoms with Gasteiger partial charge in [-0.05, 0) is 42.9 Å². The summed E-state index contributed by atoms with van der Waals surface area (Å²) in [5.41, 5.74) is 1.93. The number of ether oxygens (including phenoxy) is 1. The zero-order valence-electron chi connectivity index (χ0n) is 15.5. The summed E-state index contributed by atoms with van der Waals surface area (Å²) in [7, 11) is 0. The molecule has 1 fully saturated rings. The van der Waals surface area contributed by atoms with Crippen molar-refractivity contribution in [1.82, 2.24) is 9.55 Å². The highest BCUT2D eigenvalue weighted by molar-refractivity contribution is 8.00. The van der Waals surface area contributed by atoms with Gasteiger partial charge in [-0.25, -0.2) is 4.98 Å². The zero-order chi connectivity index (χ0) is 19.3. The molecular formula is C21H20N2O3S2. The van der Waals surface area contributed by atoms with Gasteiger partial charge in [0, 0.05) is 11.3 Å². The molecule has 0 radical (unpaired) electrons. The third kappa shape index (κ3) is 2.97. The second-order valence-electron chi connectivity index (χ2n) is 7.47. The summed E-state index contributed by atoms with van der Waals surface area (Å²) in [6.07, 6.45) is 3.70. The van der Waals surface area contributed by atoms with Crippen molar-refractivity contribution in [1.29, 1.82) is 0 Å². The molecule has 2 aliphatic rings. The summed E-state index contributed by atoms with van der Waals surface area (Å²) >= 11 is 2.98. The van der Waals surface area contributed by atoms with Crippen molar-refractivity contribution in [3.63, 3.8) is 0 Å². The number of hydrogen-bond donors (Lipinski definition) is 0. The first-order valence-corrected chi connectivity index (χ1v) is 11.3. The third-order valence-electron chi connectivity index (χ3n) is 5.45. The van der Waals surface area contributed by atoms with E-state index in [1.54, 1.807) is 15.9 Å². The molecule has 0 amide bonds. The molecule has 5 nitrogen and oxygen atoms in total. The monoisotopic (exact) mass is 412 g/mol. The molecule has 5 rings (SSSR count). The topological polar surface area (TPSA) is 61.2 Å². The summed E-state index contributed by atoms with van der Waals surface area (Å²) in [6.45, 7) is 2.69. The molecule has 3 aromatic rings. The Bertz CT molecular complexity index is 1120. The Morgan fingerprint density at radius 1 is 1.21 bits per heavy atom. The summed E-state index contributed by atoms with van der Waals surface area (Å²) in [4.78, 5) is 32.6. The van der Waals surface area contributed by atoms with Gasteiger partial charge in [0.1, 0.15) is 10.1 Å². The number of cyclic esters (lactones) is 1. The van der Waals surface area contributed by atoms with Gasteiger partial charge in [-0.2, -0.15) is 0 Å². The van der Waals surface area contributed by atoms with E-state index in [-0.39, 0.29) is 16.8 Å². The number of aryl methyl sites for hydroxylation is 1. The van der Waals surface area contributed by atoms with E-state index in [2.05, 4.69) is 6.92 Å². The van der Waals surface area contributed by atoms with Crippen molar-refractivity contribution in [2.45, 2.75) is 43.0 Å². The number of carbonyl (C=O) groups excluding carboxylic acids is 1. The minimum Gasteiger partial charge on any atom is -0.465 e. The SMILES string of the molecule is C[C@H]1CCc2c(sc3nc(S[C@H]4CCOC4=O)n(-c4ccccc4)c(=O)c23)C1. The Morgan fingerprint density at radius 3 is 2.79 bits per heavy atom. The fraction of sp³-hybridized carbons (Fsp3) is 0.381. The second-order valence-corrected chi connectivity index (χ2v) is 9.72. The molecule has 1 saturated heterocycles. The van der Waals surface area contributed by atoms with Crippen LogP contribution >= 0.6 is 23.1 Å². The van der Waals surface area contributed by atoms with Gasteiger partial charge >= 0.3 is 5.97 Å². The maximum Gasteiger partial charge on any atom is 0.319 e. The molecule has 7 heteroatoms. The van der Waals surface area contributed by atoms with Gasteiger partial charge in [-0.3, -0.25) is 14.2 Å². The first-order chi connectivity index (χ1) is 13.6. The van der Waals surface area contributed by atoms with Crippen LogP contribution in [0.2, 0.25) is 0 Å². The molecule has 2 atom stereocenters. The highest BCUT2D eigenvalue weighted by Crippen LogP contribution is 2.38. The van der Waals surface area contributed by atoms with Gasteiger partial charge in [0.05, 0.1) is 17.7 Å². The van der Waals surface area contributed by atoms with Crippen LogP contribution in [-0.4, -0.2) is 27.4 Å². The van der Waals surface area contributed by atoms with E-state index in [9.17, 15) is 9.59 Å². The number of thioether (sulfide) groups is 1. The first kappa shape index (κ1) is 17.9. The number of thiophene rings is 1. The number of rotatable bonds is 3. The van der Waals surface area contributed by atoms with Crippen LogP contribution in [0.15, 0.2) is 40.3 Å². The van der Waals surface area contributed by atoms with E-state index in [1.165, 1.54) is 22.2 Å². The number of esters is 1. The average molecular weight is 413 g/mol. The Balaban J connectivity index is 1.73. The minimum atomic E-state index is -0.311. The molecule has 0 unspecified atom stereocenters. The van der Waals surface area contributed by atoms with E-state index in [1.807, 2.05) is 30.3 Å². The van der Waals surface area contributed by atoms with E-state index >= 15 is 0 Å². The van der Waals surface area contributed by atoms with Crippen molar-refractivity contribution >= 4 is 39.3 Å². The third-order valence-corrected chi connectivity index (χ3v) is 7.79. The van der Waals surface area contributed by atoms with E-state index in [4.69, 9.17) is 9.72 Å². The Kier molecular flexibility index (Phi) is 4.51. The number of para-hydroxylation sites is 1. The lowest BCUT2D eigenvalue weighted by molar-refractivity contribution is -0.137. The molecule has 1 aliphatic carbocycles. The number of hydrogen-bond acceptors (Lipinski definition) is 6. The molecule has 0 spiro atoms. The normalized spacial score (nSPS) is 21.7. The molecule has 144 valence electrons. The van der Waals surface area contributed by atoms with E-state index in [0.717, 1.165) is 35.2 Å². The van der Waals surface area contributed by atoms with Gasteiger partial charge < -0.3 is 4.74 Å². The van der Waals surface area contributed by atoms with Gasteiger partial charge in [0.2, 0.25) is 0 Å². The Morgan fingerprint density at radius 2 is 2.04 bits per heavy atom. The minimum absolute atomic E-state index is 0.0304. The van der Waals surface area contributed by atoms with Crippen LogP contribution in [0.4, 0.5) is 0 Å². The molecule has 2 aromatic heterocycles. The maximum atomic E-state index is 13.6. The van der Waals surface area contributed by atoms with Gasteiger partial charge in [-0.1, -0.05) is 36.9 Å². The molecule has 0 bridgehead atoms. The fourth-order valence-corrected chi connectivity index (χ4v) is 6.47. The van der Waals surface area contributed by atoms with Gasteiger partial charge in [0.15, 0.2) is 5.16 Å². The van der Waals surface area contributed by atoms with E-state index in [0.29, 0.717) is 24.1 Å². The summed E-state index contributed by atoms with van der Waals surface area (Å²) in [6, 6.07) is 9.57. The number of nitrogens with zero attached hydrogens (tertiary/aromatic N) is 2. The van der Waals surface area contributed by atoms with Crippen molar-refractivity contribution in [2.24, 2.45) is 5.92 Å². The van der Waals surface area contributed by atoms with Crippen LogP contribution in [0.25, 0.3) is 15.9 Å². The van der Waals surface area contributed by atoms with Crippen LogP contribution in [0.3, 0.4) is 0 Å². The zero-order valence-corrected chi connectivity index (χ0v) is 17.1. The molecule has 1 aliphatic heterocycles. The van der Waals surface area contributed by atoms with Crippen molar-refractivity contribution in [2.75, 3.05) is 6.61 Å². The standard InChI is InChI=1S/C21H20N2O3S2/c1-12-7-8-14-16(11-12)27-18-17(14)19(24)23(13-5-3-2-4-6-13)21(22-18)28-15-9-10-26-20(15)25/h2-6,12,15H,7-11H2,1H3/t12-,15-/m0/s1. The lowest BCUT2D eigenvalue weighted by Crippen LogP contribution is -2.24. The smallest absolute Gasteiger partial charge is 0.319 e. The number of carbonyl (C=O) groups is 1. The summed E-state index contributed by atoms with van der Waals surface area (Å²) in [5.74, 6) is 0.414. The van der Waals surface area contributed by atoms with Crippen LogP contribution in [0, 0.1) is 5.92 Å². The predicted molar refractivity (Wildman–Crippen MR) is 112 cm³/mol. The summed E-state index contributed by atoms with van der Waals surface area (Å²) < 4.78 is 6.78. The average Bonchev–Trinajstić information content (AvgIpc) is 3.25. The maximum absolute atomic E-state index is 13.6. The fourth-order valence-electron chi connectivity index (χ4n) is 3.97. The highest BCUT2D eigenvalue weighted by Gasteiger charge is 2.31. The van der Waals surface area contributed by atoms with Gasteiger partial charge in [-0.15, -0.1) is 11.3 Å². The summed E-state index contributed by atoms with van der Waals surface area (Å²) in [5, 5.41) is 1.02. The number of fused-ring (bicyclic) bond motifs is 3. The van der Waals surface area contributed by atoms with E-state index < -0.39 is 0 Å². The van der Waals surface area contributed by atoms with Crippen molar-refractivity contribution < 1.29 is 9.53 Å². The highest BCUT2D eigenvalue weighted by atomic mass is 32.2. The van der Waals surface area contributed by atoms with Gasteiger partial charge in [0.25, 0.3) is 5.56 Å². The lowest BCUT2D eigenvalue weighted by Gasteiger charge is -2.18. The Hall–Kier alpha value is -2.12. The Labute approximate surface area is 170 Å². The van der Waals surface area contributed by atoms with Crippen molar-refractivity contribution in [3.05, 3.63) is 51.1 Å². The number of benzene rings is 1. The molecule has 0 saturated carbocycles. The molecule has 0 N–H and O–H groups in total. The second kappa shape index (κ2) is 7.04. The van der Waals surface area contributed by atoms with Crippen LogP contribution in [0.1, 0.15) is 30.2 Å². The van der Waals surface area contributed by atoms with Crippen LogP contribution in [0.5, 0.6) is 0 Å². The largest absolute Gasteiger partial charge is 0.465 e. The molecule has 3 heterocycles. The first-order valence-electron chi connectivity index (χ1n) is 9.58. The molecule has 28 heavy (non-hydrogen) atoms. The van der Waals surface area contributed by atoms with Crippen molar-refractivity contribution in [3.8, 4) is 5.69 Å². The quantitative estimate of drug-likeness (QED) is 0.481. The lowest BCUT2D eigenvalue weighted by atomic mass is 9.89. The molecular weight excluding hydrogens is 392 g/mol. The van der Waals surface area contributed by atoms with Crippen LogP contribution in [-0.2, 0) is 22.4 Å². The van der Waals surface area contributed by atoms with Crippen LogP contribution < -0.4 is 5.56 Å².